The molecule has 0 saturated carbocycles. The van der Waals surface area contributed by atoms with Crippen LogP contribution in [0.25, 0.3) is 0 Å². The lowest BCUT2D eigenvalue weighted by Crippen LogP contribution is -2.38. The van der Waals surface area contributed by atoms with E-state index in [1.807, 2.05) is 24.3 Å². The quantitative estimate of drug-likeness (QED) is 0.811. The van der Waals surface area contributed by atoms with E-state index in [2.05, 4.69) is 11.5 Å². The van der Waals surface area contributed by atoms with Crippen LogP contribution in [0.4, 0.5) is 0 Å². The van der Waals surface area contributed by atoms with Gasteiger partial charge in [-0.05, 0) is 25.5 Å². The summed E-state index contributed by atoms with van der Waals surface area (Å²) in [4.78, 5) is 13.3. The van der Waals surface area contributed by atoms with Crippen molar-refractivity contribution in [1.29, 1.82) is 0 Å². The number of rotatable bonds is 6. The average Bonchev–Trinajstić information content (AvgIpc) is 2.46. The number of ether oxygens (including phenoxy) is 1. The molecular formula is C16H21NO3. The molecule has 1 aliphatic rings. The number of para-hydroxylation sites is 1. The molecule has 1 saturated heterocycles. The van der Waals surface area contributed by atoms with Gasteiger partial charge in [0.1, 0.15) is 12.4 Å². The van der Waals surface area contributed by atoms with Crippen LogP contribution in [0.3, 0.4) is 0 Å². The molecule has 1 heterocycles. The van der Waals surface area contributed by atoms with Gasteiger partial charge in [-0.15, -0.1) is 0 Å². The third-order valence-corrected chi connectivity index (χ3v) is 3.58. The zero-order valence-electron chi connectivity index (χ0n) is 11.6. The van der Waals surface area contributed by atoms with E-state index in [-0.39, 0.29) is 5.92 Å². The van der Waals surface area contributed by atoms with Gasteiger partial charge in [-0.3, -0.25) is 9.69 Å². The summed E-state index contributed by atoms with van der Waals surface area (Å²) >= 11 is 0. The van der Waals surface area contributed by atoms with Gasteiger partial charge in [0.15, 0.2) is 0 Å². The molecule has 2 rings (SSSR count). The summed E-state index contributed by atoms with van der Waals surface area (Å²) in [7, 11) is 0. The van der Waals surface area contributed by atoms with Crippen LogP contribution in [0.2, 0.25) is 0 Å². The van der Waals surface area contributed by atoms with Crippen molar-refractivity contribution in [2.45, 2.75) is 19.4 Å². The molecule has 1 aliphatic heterocycles. The van der Waals surface area contributed by atoms with Crippen molar-refractivity contribution in [3.05, 3.63) is 42.5 Å². The number of carbonyl (C=O) groups is 1. The Morgan fingerprint density at radius 3 is 3.05 bits per heavy atom. The largest absolute Gasteiger partial charge is 0.489 e. The molecule has 1 fully saturated rings. The maximum absolute atomic E-state index is 11.1. The fourth-order valence-electron chi connectivity index (χ4n) is 2.57. The predicted octanol–water partition coefficient (Wildman–Crippen LogP) is 2.55. The van der Waals surface area contributed by atoms with Crippen molar-refractivity contribution in [2.24, 2.45) is 5.92 Å². The second kappa shape index (κ2) is 7.10. The molecule has 1 aromatic rings. The number of hydrogen-bond donors (Lipinski definition) is 1. The van der Waals surface area contributed by atoms with Gasteiger partial charge in [0, 0.05) is 18.7 Å². The van der Waals surface area contributed by atoms with Gasteiger partial charge in [-0.2, -0.15) is 0 Å². The standard InChI is InChI=1S/C16H21NO3/c1-2-10-20-15-8-4-3-6-13(15)11-17-9-5-7-14(12-17)16(18)19/h2-4,6,8,14H,1,5,7,9-12H2,(H,18,19). The second-order valence-electron chi connectivity index (χ2n) is 5.12. The number of carboxylic acids is 1. The highest BCUT2D eigenvalue weighted by atomic mass is 16.5. The van der Waals surface area contributed by atoms with Crippen LogP contribution in [-0.2, 0) is 11.3 Å². The Bertz CT molecular complexity index is 473. The van der Waals surface area contributed by atoms with Crippen LogP contribution in [-0.4, -0.2) is 35.7 Å². The monoisotopic (exact) mass is 275 g/mol. The van der Waals surface area contributed by atoms with E-state index >= 15 is 0 Å². The third-order valence-electron chi connectivity index (χ3n) is 3.58. The molecule has 0 radical (unpaired) electrons. The van der Waals surface area contributed by atoms with Gasteiger partial charge < -0.3 is 9.84 Å². The zero-order chi connectivity index (χ0) is 14.4. The fraction of sp³-hybridized carbons (Fsp3) is 0.438. The Kier molecular flexibility index (Phi) is 5.18. The number of nitrogens with zero attached hydrogens (tertiary/aromatic N) is 1. The SMILES string of the molecule is C=CCOc1ccccc1CN1CCCC(C(=O)O)C1. The molecule has 0 amide bonds. The highest BCUT2D eigenvalue weighted by Gasteiger charge is 2.25. The van der Waals surface area contributed by atoms with Crippen LogP contribution >= 0.6 is 0 Å². The molecule has 0 bridgehead atoms. The van der Waals surface area contributed by atoms with Crippen molar-refractivity contribution in [1.82, 2.24) is 4.90 Å². The smallest absolute Gasteiger partial charge is 0.307 e. The highest BCUT2D eigenvalue weighted by molar-refractivity contribution is 5.70. The van der Waals surface area contributed by atoms with Gasteiger partial charge in [-0.25, -0.2) is 0 Å². The molecule has 1 aromatic carbocycles. The van der Waals surface area contributed by atoms with E-state index in [0.717, 1.165) is 37.2 Å². The van der Waals surface area contributed by atoms with E-state index in [1.165, 1.54) is 0 Å². The summed E-state index contributed by atoms with van der Waals surface area (Å²) in [6, 6.07) is 7.90. The third kappa shape index (κ3) is 3.84. The number of aliphatic carboxylic acids is 1. The van der Waals surface area contributed by atoms with Crippen LogP contribution in [0.15, 0.2) is 36.9 Å². The summed E-state index contributed by atoms with van der Waals surface area (Å²) < 4.78 is 5.64. The molecule has 1 N–H and O–H groups in total. The average molecular weight is 275 g/mol. The Morgan fingerprint density at radius 1 is 1.50 bits per heavy atom. The Labute approximate surface area is 119 Å². The normalized spacial score (nSPS) is 19.5. The molecule has 0 aliphatic carbocycles. The van der Waals surface area contributed by atoms with Gasteiger partial charge in [0.25, 0.3) is 0 Å². The van der Waals surface area contributed by atoms with Gasteiger partial charge in [-0.1, -0.05) is 30.9 Å². The Balaban J connectivity index is 2.01. The number of carboxylic acid groups (broad SMARTS) is 1. The van der Waals surface area contributed by atoms with E-state index in [0.29, 0.717) is 13.2 Å². The summed E-state index contributed by atoms with van der Waals surface area (Å²) in [5, 5.41) is 9.13. The topological polar surface area (TPSA) is 49.8 Å². The molecule has 1 unspecified atom stereocenters. The maximum atomic E-state index is 11.1. The van der Waals surface area contributed by atoms with Gasteiger partial charge >= 0.3 is 5.97 Å². The Hall–Kier alpha value is -1.81. The number of piperidine rings is 1. The molecule has 0 spiro atoms. The molecule has 20 heavy (non-hydrogen) atoms. The summed E-state index contributed by atoms with van der Waals surface area (Å²) in [5.41, 5.74) is 1.10. The number of likely N-dealkylation sites (tertiary alicyclic amines) is 1. The first-order valence-electron chi connectivity index (χ1n) is 6.97. The molecule has 108 valence electrons. The molecule has 0 aromatic heterocycles. The minimum atomic E-state index is -0.689. The Morgan fingerprint density at radius 2 is 2.30 bits per heavy atom. The zero-order valence-corrected chi connectivity index (χ0v) is 11.6. The lowest BCUT2D eigenvalue weighted by Gasteiger charge is -2.31. The van der Waals surface area contributed by atoms with E-state index in [4.69, 9.17) is 9.84 Å². The molecular weight excluding hydrogens is 254 g/mol. The van der Waals surface area contributed by atoms with E-state index in [1.54, 1.807) is 6.08 Å². The lowest BCUT2D eigenvalue weighted by molar-refractivity contribution is -0.143. The van der Waals surface area contributed by atoms with Crippen molar-refractivity contribution in [2.75, 3.05) is 19.7 Å². The van der Waals surface area contributed by atoms with Crippen molar-refractivity contribution < 1.29 is 14.6 Å². The summed E-state index contributed by atoms with van der Waals surface area (Å²) in [5.74, 6) is -0.0826. The number of hydrogen-bond acceptors (Lipinski definition) is 3. The predicted molar refractivity (Wildman–Crippen MR) is 77.8 cm³/mol. The van der Waals surface area contributed by atoms with Crippen LogP contribution in [0.1, 0.15) is 18.4 Å². The lowest BCUT2D eigenvalue weighted by atomic mass is 9.98. The molecule has 4 heteroatoms. The minimum Gasteiger partial charge on any atom is -0.489 e. The summed E-state index contributed by atoms with van der Waals surface area (Å²) in [6.45, 7) is 6.42. The number of benzene rings is 1. The van der Waals surface area contributed by atoms with Crippen molar-refractivity contribution >= 4 is 5.97 Å². The molecule has 1 atom stereocenters. The maximum Gasteiger partial charge on any atom is 0.307 e. The first-order chi connectivity index (χ1) is 9.70. The minimum absolute atomic E-state index is 0.245. The molecule has 4 nitrogen and oxygen atoms in total. The highest BCUT2D eigenvalue weighted by Crippen LogP contribution is 2.23. The van der Waals surface area contributed by atoms with Crippen LogP contribution in [0, 0.1) is 5.92 Å². The summed E-state index contributed by atoms with van der Waals surface area (Å²) in [6.07, 6.45) is 3.44. The van der Waals surface area contributed by atoms with Gasteiger partial charge in [0.2, 0.25) is 0 Å². The van der Waals surface area contributed by atoms with Crippen molar-refractivity contribution in [3.63, 3.8) is 0 Å². The van der Waals surface area contributed by atoms with Gasteiger partial charge in [0.05, 0.1) is 5.92 Å². The fourth-order valence-corrected chi connectivity index (χ4v) is 2.57. The van der Waals surface area contributed by atoms with E-state index in [9.17, 15) is 4.79 Å². The first-order valence-corrected chi connectivity index (χ1v) is 6.97. The van der Waals surface area contributed by atoms with Crippen molar-refractivity contribution in [3.8, 4) is 5.75 Å². The first kappa shape index (κ1) is 14.6. The second-order valence-corrected chi connectivity index (χ2v) is 5.12. The van der Waals surface area contributed by atoms with E-state index < -0.39 is 5.97 Å². The van der Waals surface area contributed by atoms with Crippen LogP contribution in [0.5, 0.6) is 5.75 Å². The van der Waals surface area contributed by atoms with Crippen LogP contribution < -0.4 is 4.74 Å².